The summed E-state index contributed by atoms with van der Waals surface area (Å²) in [7, 11) is 0. The number of rotatable bonds is 6. The van der Waals surface area contributed by atoms with E-state index in [1.165, 1.54) is 12.1 Å². The Bertz CT molecular complexity index is 1280. The van der Waals surface area contributed by atoms with Gasteiger partial charge in [0.1, 0.15) is 25.1 Å². The molecule has 192 valence electrons. The van der Waals surface area contributed by atoms with E-state index in [0.29, 0.717) is 41.5 Å². The second-order valence-corrected chi connectivity index (χ2v) is 9.72. The van der Waals surface area contributed by atoms with Crippen LogP contribution in [0.2, 0.25) is 0 Å². The molecule has 0 bridgehead atoms. The number of benzene rings is 3. The highest BCUT2D eigenvalue weighted by Gasteiger charge is 2.36. The van der Waals surface area contributed by atoms with Gasteiger partial charge in [-0.3, -0.25) is 14.5 Å². The second-order valence-electron chi connectivity index (χ2n) is 9.72. The van der Waals surface area contributed by atoms with Gasteiger partial charge >= 0.3 is 0 Å². The van der Waals surface area contributed by atoms with Crippen molar-refractivity contribution in [3.63, 3.8) is 0 Å². The van der Waals surface area contributed by atoms with Crippen LogP contribution in [0.5, 0.6) is 11.5 Å². The van der Waals surface area contributed by atoms with Gasteiger partial charge in [0.15, 0.2) is 11.5 Å². The molecule has 1 N–H and O–H groups in total. The number of anilines is 1. The highest BCUT2D eigenvalue weighted by Crippen LogP contribution is 2.37. The summed E-state index contributed by atoms with van der Waals surface area (Å²) >= 11 is 0. The molecule has 1 aliphatic heterocycles. The van der Waals surface area contributed by atoms with Crippen LogP contribution in [0.3, 0.4) is 0 Å². The van der Waals surface area contributed by atoms with Gasteiger partial charge in [0, 0.05) is 11.6 Å². The van der Waals surface area contributed by atoms with Crippen LogP contribution in [0, 0.1) is 19.7 Å². The fraction of sp³-hybridized carbons (Fsp3) is 0.333. The Labute approximate surface area is 216 Å². The summed E-state index contributed by atoms with van der Waals surface area (Å²) in [6.07, 6.45) is 3.93. The molecule has 3 aromatic carbocycles. The van der Waals surface area contributed by atoms with E-state index in [4.69, 9.17) is 9.47 Å². The lowest BCUT2D eigenvalue weighted by Gasteiger charge is -2.34. The van der Waals surface area contributed by atoms with Crippen molar-refractivity contribution < 1.29 is 23.5 Å². The quantitative estimate of drug-likeness (QED) is 0.472. The molecule has 0 saturated heterocycles. The van der Waals surface area contributed by atoms with Gasteiger partial charge in [-0.25, -0.2) is 4.39 Å². The van der Waals surface area contributed by atoms with Gasteiger partial charge in [-0.1, -0.05) is 43.2 Å². The average Bonchev–Trinajstić information content (AvgIpc) is 3.41. The lowest BCUT2D eigenvalue weighted by molar-refractivity contribution is -0.123. The Kier molecular flexibility index (Phi) is 7.12. The van der Waals surface area contributed by atoms with E-state index >= 15 is 0 Å². The van der Waals surface area contributed by atoms with Crippen molar-refractivity contribution >= 4 is 17.5 Å². The first-order valence-electron chi connectivity index (χ1n) is 12.8. The molecule has 2 amide bonds. The third-order valence-electron chi connectivity index (χ3n) is 7.08. The Balaban J connectivity index is 1.64. The average molecular weight is 503 g/mol. The third kappa shape index (κ3) is 5.17. The van der Waals surface area contributed by atoms with Gasteiger partial charge in [-0.15, -0.1) is 0 Å². The highest BCUT2D eigenvalue weighted by molar-refractivity contribution is 6.11. The van der Waals surface area contributed by atoms with Gasteiger partial charge in [-0.2, -0.15) is 0 Å². The predicted molar refractivity (Wildman–Crippen MR) is 140 cm³/mol. The van der Waals surface area contributed by atoms with Crippen LogP contribution >= 0.6 is 0 Å². The second kappa shape index (κ2) is 10.6. The number of nitrogens with one attached hydrogen (secondary N) is 1. The van der Waals surface area contributed by atoms with Crippen LogP contribution in [-0.4, -0.2) is 31.1 Å². The van der Waals surface area contributed by atoms with E-state index in [1.54, 1.807) is 35.2 Å². The molecule has 0 aromatic heterocycles. The zero-order valence-corrected chi connectivity index (χ0v) is 21.1. The first-order valence-corrected chi connectivity index (χ1v) is 12.8. The van der Waals surface area contributed by atoms with Crippen molar-refractivity contribution in [3.05, 3.63) is 88.7 Å². The van der Waals surface area contributed by atoms with E-state index in [0.717, 1.165) is 36.8 Å². The molecule has 2 aliphatic rings. The van der Waals surface area contributed by atoms with Crippen LogP contribution in [0.25, 0.3) is 0 Å². The van der Waals surface area contributed by atoms with Crippen LogP contribution in [0.1, 0.15) is 58.8 Å². The van der Waals surface area contributed by atoms with Crippen molar-refractivity contribution in [2.75, 3.05) is 18.1 Å². The Morgan fingerprint density at radius 2 is 1.57 bits per heavy atom. The largest absolute Gasteiger partial charge is 0.486 e. The summed E-state index contributed by atoms with van der Waals surface area (Å²) in [5.41, 5.74) is 3.26. The van der Waals surface area contributed by atoms with Gasteiger partial charge in [0.25, 0.3) is 5.91 Å². The number of aryl methyl sites for hydroxylation is 2. The lowest BCUT2D eigenvalue weighted by atomic mass is 9.98. The molecule has 1 saturated carbocycles. The summed E-state index contributed by atoms with van der Waals surface area (Å²) in [5.74, 6) is 0.0237. The maximum absolute atomic E-state index is 14.3. The molecular weight excluding hydrogens is 471 g/mol. The number of nitrogens with zero attached hydrogens (tertiary/aromatic N) is 1. The number of carbonyl (C=O) groups excluding carboxylic acids is 2. The van der Waals surface area contributed by atoms with Crippen molar-refractivity contribution in [1.82, 2.24) is 5.32 Å². The number of amides is 2. The zero-order chi connectivity index (χ0) is 25.9. The zero-order valence-electron chi connectivity index (χ0n) is 21.1. The maximum atomic E-state index is 14.3. The normalized spacial score (nSPS) is 15.8. The minimum atomic E-state index is -0.998. The van der Waals surface area contributed by atoms with E-state index < -0.39 is 11.9 Å². The van der Waals surface area contributed by atoms with Gasteiger partial charge in [0.05, 0.1) is 5.69 Å². The number of hydrogen-bond donors (Lipinski definition) is 1. The third-order valence-corrected chi connectivity index (χ3v) is 7.08. The predicted octanol–water partition coefficient (Wildman–Crippen LogP) is 5.66. The molecule has 37 heavy (non-hydrogen) atoms. The molecule has 7 heteroatoms. The van der Waals surface area contributed by atoms with Gasteiger partial charge < -0.3 is 14.8 Å². The molecule has 0 spiro atoms. The first-order chi connectivity index (χ1) is 17.9. The monoisotopic (exact) mass is 502 g/mol. The van der Waals surface area contributed by atoms with E-state index in [9.17, 15) is 14.0 Å². The maximum Gasteiger partial charge on any atom is 0.259 e. The van der Waals surface area contributed by atoms with E-state index in [-0.39, 0.29) is 17.9 Å². The summed E-state index contributed by atoms with van der Waals surface area (Å²) in [4.78, 5) is 29.8. The lowest BCUT2D eigenvalue weighted by Crippen LogP contribution is -2.47. The van der Waals surface area contributed by atoms with Crippen molar-refractivity contribution in [2.24, 2.45) is 0 Å². The van der Waals surface area contributed by atoms with Gasteiger partial charge in [0.2, 0.25) is 5.91 Å². The van der Waals surface area contributed by atoms with Crippen molar-refractivity contribution in [1.29, 1.82) is 0 Å². The minimum absolute atomic E-state index is 0.0552. The molecule has 1 heterocycles. The van der Waals surface area contributed by atoms with E-state index in [2.05, 4.69) is 5.32 Å². The minimum Gasteiger partial charge on any atom is -0.486 e. The molecule has 0 radical (unpaired) electrons. The number of ether oxygens (including phenoxy) is 2. The molecular formula is C30H31FN2O4. The molecule has 0 unspecified atom stereocenters. The summed E-state index contributed by atoms with van der Waals surface area (Å²) in [6, 6.07) is 15.7. The molecule has 3 aromatic rings. The van der Waals surface area contributed by atoms with E-state index in [1.807, 2.05) is 32.0 Å². The van der Waals surface area contributed by atoms with Crippen LogP contribution < -0.4 is 19.7 Å². The number of carbonyl (C=O) groups is 2. The molecule has 6 nitrogen and oxygen atoms in total. The van der Waals surface area contributed by atoms with Crippen molar-refractivity contribution in [2.45, 2.75) is 51.6 Å². The summed E-state index contributed by atoms with van der Waals surface area (Å²) in [6.45, 7) is 4.68. The SMILES string of the molecule is Cc1cccc(C)c1N(C(=O)c1ccc2c(c1)OCCO2)[C@@H](C(=O)NC1CCCC1)c1ccc(F)cc1. The molecule has 1 aliphatic carbocycles. The molecule has 5 rings (SSSR count). The number of halogens is 1. The highest BCUT2D eigenvalue weighted by atomic mass is 19.1. The topological polar surface area (TPSA) is 67.9 Å². The van der Waals surface area contributed by atoms with Gasteiger partial charge in [-0.05, 0) is 73.7 Å². The fourth-order valence-corrected chi connectivity index (χ4v) is 5.26. The Hall–Kier alpha value is -3.87. The summed E-state index contributed by atoms with van der Waals surface area (Å²) < 4.78 is 25.3. The number of fused-ring (bicyclic) bond motifs is 1. The smallest absolute Gasteiger partial charge is 0.259 e. The standard InChI is InChI=1S/C30H31FN2O4/c1-19-6-5-7-20(2)27(19)33(30(35)22-12-15-25-26(18-22)37-17-16-36-25)28(21-10-13-23(31)14-11-21)29(34)32-24-8-3-4-9-24/h5-7,10-15,18,24,28H,3-4,8-9,16-17H2,1-2H3,(H,32,34)/t28-/m1/s1. The van der Waals surface area contributed by atoms with Crippen LogP contribution in [0.4, 0.5) is 10.1 Å². The Morgan fingerprint density at radius 3 is 2.24 bits per heavy atom. The Morgan fingerprint density at radius 1 is 0.919 bits per heavy atom. The first kappa shape index (κ1) is 24.8. The van der Waals surface area contributed by atoms with Crippen molar-refractivity contribution in [3.8, 4) is 11.5 Å². The van der Waals surface area contributed by atoms with Crippen LogP contribution in [-0.2, 0) is 4.79 Å². The molecule has 1 fully saturated rings. The number of para-hydroxylation sites is 1. The van der Waals surface area contributed by atoms with Crippen LogP contribution in [0.15, 0.2) is 60.7 Å². The fourth-order valence-electron chi connectivity index (χ4n) is 5.26. The number of hydrogen-bond acceptors (Lipinski definition) is 4. The molecule has 1 atom stereocenters. The summed E-state index contributed by atoms with van der Waals surface area (Å²) in [5, 5.41) is 3.17.